The van der Waals surface area contributed by atoms with E-state index >= 15 is 0 Å². The molecule has 3 aromatic carbocycles. The first-order valence-corrected chi connectivity index (χ1v) is 8.96. The van der Waals surface area contributed by atoms with Crippen LogP contribution in [-0.4, -0.2) is 19.0 Å². The highest BCUT2D eigenvalue weighted by atomic mass is 16.5. The van der Waals surface area contributed by atoms with Gasteiger partial charge in [-0.1, -0.05) is 84.4 Å². The molecule has 1 amide bonds. The van der Waals surface area contributed by atoms with Gasteiger partial charge < -0.3 is 10.1 Å². The molecule has 3 rings (SSSR count). The zero-order valence-corrected chi connectivity index (χ0v) is 16.6. The minimum absolute atomic E-state index is 0.00820. The quantitative estimate of drug-likeness (QED) is 0.668. The van der Waals surface area contributed by atoms with Crippen LogP contribution in [0.5, 0.6) is 0 Å². The van der Waals surface area contributed by atoms with Crippen LogP contribution in [0.1, 0.15) is 28.4 Å². The number of esters is 1. The molecule has 0 aliphatic carbocycles. The van der Waals surface area contributed by atoms with Gasteiger partial charge in [0, 0.05) is 13.5 Å². The lowest BCUT2D eigenvalue weighted by Crippen LogP contribution is -2.18. The van der Waals surface area contributed by atoms with Crippen molar-refractivity contribution in [2.24, 2.45) is 0 Å². The summed E-state index contributed by atoms with van der Waals surface area (Å²) in [6.07, 6.45) is 0. The molecule has 0 fully saturated rings. The van der Waals surface area contributed by atoms with Crippen LogP contribution in [0.4, 0.5) is 0 Å². The van der Waals surface area contributed by atoms with E-state index in [2.05, 4.69) is 29.1 Å². The van der Waals surface area contributed by atoms with Crippen LogP contribution in [0, 0.1) is 6.92 Å². The van der Waals surface area contributed by atoms with Crippen LogP contribution in [0.25, 0.3) is 0 Å². The molecule has 3 aromatic rings. The van der Waals surface area contributed by atoms with Crippen LogP contribution in [0.2, 0.25) is 0 Å². The SMILES string of the molecule is CC(=O)NCc1ccccc1.COC(=O)c1ccccc1.Cc1ccccc1. The van der Waals surface area contributed by atoms with Crippen molar-refractivity contribution in [2.75, 3.05) is 7.11 Å². The van der Waals surface area contributed by atoms with E-state index in [0.29, 0.717) is 12.1 Å². The second kappa shape index (κ2) is 13.8. The van der Waals surface area contributed by atoms with Crippen LogP contribution in [0.3, 0.4) is 0 Å². The summed E-state index contributed by atoms with van der Waals surface area (Å²) in [6.45, 7) is 4.22. The van der Waals surface area contributed by atoms with E-state index in [0.717, 1.165) is 5.56 Å². The number of ether oxygens (including phenoxy) is 1. The van der Waals surface area contributed by atoms with Crippen molar-refractivity contribution >= 4 is 11.9 Å². The van der Waals surface area contributed by atoms with E-state index in [1.807, 2.05) is 54.6 Å². The summed E-state index contributed by atoms with van der Waals surface area (Å²) in [4.78, 5) is 21.3. The summed E-state index contributed by atoms with van der Waals surface area (Å²) in [5, 5.41) is 2.72. The molecule has 1 N–H and O–H groups in total. The predicted octanol–water partition coefficient (Wildman–Crippen LogP) is 4.79. The lowest BCUT2D eigenvalue weighted by molar-refractivity contribution is -0.119. The Morgan fingerprint density at radius 2 is 1.25 bits per heavy atom. The average Bonchev–Trinajstić information content (AvgIpc) is 2.74. The smallest absolute Gasteiger partial charge is 0.337 e. The second-order valence-electron chi connectivity index (χ2n) is 5.91. The summed E-state index contributed by atoms with van der Waals surface area (Å²) >= 11 is 0. The number of benzene rings is 3. The van der Waals surface area contributed by atoms with Gasteiger partial charge in [-0.15, -0.1) is 0 Å². The molecule has 0 saturated carbocycles. The molecular formula is C24H27NO3. The molecule has 0 aliphatic heterocycles. The molecule has 0 aliphatic rings. The Kier molecular flexibility index (Phi) is 11.1. The lowest BCUT2D eigenvalue weighted by atomic mass is 10.2. The Morgan fingerprint density at radius 3 is 1.64 bits per heavy atom. The van der Waals surface area contributed by atoms with Gasteiger partial charge in [0.1, 0.15) is 0 Å². The van der Waals surface area contributed by atoms with Crippen LogP contribution in [-0.2, 0) is 16.1 Å². The van der Waals surface area contributed by atoms with Gasteiger partial charge in [0.15, 0.2) is 0 Å². The molecular weight excluding hydrogens is 350 g/mol. The molecule has 4 nitrogen and oxygen atoms in total. The minimum atomic E-state index is -0.291. The molecule has 0 spiro atoms. The maximum Gasteiger partial charge on any atom is 0.337 e. The van der Waals surface area contributed by atoms with Crippen molar-refractivity contribution in [1.29, 1.82) is 0 Å². The van der Waals surface area contributed by atoms with Crippen molar-refractivity contribution in [2.45, 2.75) is 20.4 Å². The molecule has 0 bridgehead atoms. The molecule has 0 unspecified atom stereocenters. The molecule has 0 heterocycles. The maximum absolute atomic E-state index is 10.8. The van der Waals surface area contributed by atoms with E-state index < -0.39 is 0 Å². The second-order valence-corrected chi connectivity index (χ2v) is 5.91. The van der Waals surface area contributed by atoms with Gasteiger partial charge in [-0.2, -0.15) is 0 Å². The monoisotopic (exact) mass is 377 g/mol. The van der Waals surface area contributed by atoms with Crippen molar-refractivity contribution in [1.82, 2.24) is 5.32 Å². The van der Waals surface area contributed by atoms with Gasteiger partial charge >= 0.3 is 5.97 Å². The Bertz CT molecular complexity index is 803. The largest absolute Gasteiger partial charge is 0.465 e. The third-order valence-corrected chi connectivity index (χ3v) is 3.52. The average molecular weight is 377 g/mol. The van der Waals surface area contributed by atoms with Crippen molar-refractivity contribution in [3.63, 3.8) is 0 Å². The topological polar surface area (TPSA) is 55.4 Å². The number of methoxy groups -OCH3 is 1. The van der Waals surface area contributed by atoms with Crippen molar-refractivity contribution in [3.8, 4) is 0 Å². The fraction of sp³-hybridized carbons (Fsp3) is 0.167. The Labute approximate surface area is 167 Å². The van der Waals surface area contributed by atoms with Crippen LogP contribution >= 0.6 is 0 Å². The third-order valence-electron chi connectivity index (χ3n) is 3.52. The Balaban J connectivity index is 0.000000215. The molecule has 28 heavy (non-hydrogen) atoms. The highest BCUT2D eigenvalue weighted by Crippen LogP contribution is 1.99. The van der Waals surface area contributed by atoms with Gasteiger partial charge in [-0.05, 0) is 24.6 Å². The number of rotatable bonds is 3. The summed E-state index contributed by atoms with van der Waals surface area (Å²) < 4.78 is 4.50. The number of nitrogens with one attached hydrogen (secondary N) is 1. The van der Waals surface area contributed by atoms with Gasteiger partial charge in [0.2, 0.25) is 5.91 Å². The standard InChI is InChI=1S/C9H11NO.C8H8O2.C7H8/c1-8(11)10-7-9-5-3-2-4-6-9;1-10-8(9)7-5-3-2-4-6-7;1-7-5-3-2-4-6-7/h2-6H,7H2,1H3,(H,10,11);2-6H,1H3;2-6H,1H3. The molecule has 146 valence electrons. The first kappa shape index (κ1) is 22.6. The highest BCUT2D eigenvalue weighted by Gasteiger charge is 2.00. The number of aryl methyl sites for hydroxylation is 1. The van der Waals surface area contributed by atoms with Gasteiger partial charge in [-0.25, -0.2) is 4.79 Å². The van der Waals surface area contributed by atoms with Gasteiger partial charge in [-0.3, -0.25) is 4.79 Å². The summed E-state index contributed by atoms with van der Waals surface area (Å²) in [6, 6.07) is 29.0. The zero-order valence-electron chi connectivity index (χ0n) is 16.6. The number of hydrogen-bond acceptors (Lipinski definition) is 3. The van der Waals surface area contributed by atoms with Crippen LogP contribution < -0.4 is 5.32 Å². The third kappa shape index (κ3) is 10.6. The fourth-order valence-corrected chi connectivity index (χ4v) is 2.05. The van der Waals surface area contributed by atoms with E-state index in [1.54, 1.807) is 24.3 Å². The predicted molar refractivity (Wildman–Crippen MR) is 113 cm³/mol. The lowest BCUT2D eigenvalue weighted by Gasteiger charge is -2.00. The minimum Gasteiger partial charge on any atom is -0.465 e. The van der Waals surface area contributed by atoms with Gasteiger partial charge in [0.05, 0.1) is 12.7 Å². The summed E-state index contributed by atoms with van der Waals surface area (Å²) in [5.41, 5.74) is 3.04. The van der Waals surface area contributed by atoms with E-state index in [4.69, 9.17) is 0 Å². The highest BCUT2D eigenvalue weighted by molar-refractivity contribution is 5.89. The van der Waals surface area contributed by atoms with E-state index in [1.165, 1.54) is 19.6 Å². The summed E-state index contributed by atoms with van der Waals surface area (Å²) in [7, 11) is 1.37. The normalized spacial score (nSPS) is 8.96. The molecule has 0 radical (unpaired) electrons. The Morgan fingerprint density at radius 1 is 0.786 bits per heavy atom. The molecule has 0 saturated heterocycles. The van der Waals surface area contributed by atoms with Crippen molar-refractivity contribution in [3.05, 3.63) is 108 Å². The molecule has 0 aromatic heterocycles. The maximum atomic E-state index is 10.8. The van der Waals surface area contributed by atoms with Gasteiger partial charge in [0.25, 0.3) is 0 Å². The molecule has 4 heteroatoms. The fourth-order valence-electron chi connectivity index (χ4n) is 2.05. The number of carbonyl (C=O) groups excluding carboxylic acids is 2. The van der Waals surface area contributed by atoms with E-state index in [-0.39, 0.29) is 11.9 Å². The first-order valence-electron chi connectivity index (χ1n) is 8.96. The van der Waals surface area contributed by atoms with Crippen molar-refractivity contribution < 1.29 is 14.3 Å². The Hall–Kier alpha value is -3.40. The van der Waals surface area contributed by atoms with E-state index in [9.17, 15) is 9.59 Å². The number of carbonyl (C=O) groups is 2. The number of hydrogen-bond donors (Lipinski definition) is 1. The van der Waals surface area contributed by atoms with Crippen LogP contribution in [0.15, 0.2) is 91.0 Å². The first-order chi connectivity index (χ1) is 13.5. The zero-order chi connectivity index (χ0) is 20.6. The number of amides is 1. The summed E-state index contributed by atoms with van der Waals surface area (Å²) in [5.74, 6) is -0.283. The molecule has 0 atom stereocenters.